The van der Waals surface area contributed by atoms with Gasteiger partial charge in [-0.1, -0.05) is 0 Å². The van der Waals surface area contributed by atoms with Crippen LogP contribution in [0.2, 0.25) is 0 Å². The van der Waals surface area contributed by atoms with Crippen molar-refractivity contribution in [1.82, 2.24) is 9.88 Å². The maximum Gasteiger partial charge on any atom is 0.308 e. The van der Waals surface area contributed by atoms with E-state index in [0.29, 0.717) is 5.56 Å². The topological polar surface area (TPSA) is 87.6 Å². The van der Waals surface area contributed by atoms with E-state index in [1.807, 2.05) is 0 Å². The highest BCUT2D eigenvalue weighted by atomic mass is 32.2. The molecule has 7 heteroatoms. The Morgan fingerprint density at radius 1 is 1.38 bits per heavy atom. The summed E-state index contributed by atoms with van der Waals surface area (Å²) in [4.78, 5) is 41.0. The zero-order valence-corrected chi connectivity index (χ0v) is 12.4. The second kappa shape index (κ2) is 6.09. The van der Waals surface area contributed by atoms with Crippen molar-refractivity contribution in [3.8, 4) is 0 Å². The van der Waals surface area contributed by atoms with Crippen molar-refractivity contribution < 1.29 is 19.5 Å². The minimum Gasteiger partial charge on any atom is -0.481 e. The van der Waals surface area contributed by atoms with Gasteiger partial charge in [-0.3, -0.25) is 19.4 Å². The van der Waals surface area contributed by atoms with E-state index in [0.717, 1.165) is 0 Å². The average Bonchev–Trinajstić information content (AvgIpc) is 2.71. The van der Waals surface area contributed by atoms with Gasteiger partial charge in [0.15, 0.2) is 5.78 Å². The second-order valence-corrected chi connectivity index (χ2v) is 5.45. The van der Waals surface area contributed by atoms with Crippen molar-refractivity contribution in [3.63, 3.8) is 0 Å². The number of Topliss-reactive ketones (excluding diaryl/α,β-unsaturated/α-hetero) is 1. The van der Waals surface area contributed by atoms with Crippen LogP contribution in [-0.4, -0.2) is 51.3 Å². The fourth-order valence-corrected chi connectivity index (χ4v) is 3.18. The van der Waals surface area contributed by atoms with Crippen LogP contribution in [0.5, 0.6) is 0 Å². The van der Waals surface area contributed by atoms with Gasteiger partial charge in [0.05, 0.1) is 6.42 Å². The molecule has 1 aromatic rings. The van der Waals surface area contributed by atoms with Gasteiger partial charge in [-0.15, -0.1) is 11.8 Å². The smallest absolute Gasteiger partial charge is 0.308 e. The van der Waals surface area contributed by atoms with Crippen LogP contribution in [-0.2, 0) is 9.59 Å². The number of hydrogen-bond donors (Lipinski definition) is 1. The number of nitrogens with zero attached hydrogens (tertiary/aromatic N) is 2. The molecule has 0 aromatic carbocycles. The highest BCUT2D eigenvalue weighted by Gasteiger charge is 2.40. The molecular weight excluding hydrogens is 292 g/mol. The van der Waals surface area contributed by atoms with Crippen molar-refractivity contribution in [2.75, 3.05) is 13.3 Å². The number of rotatable bonds is 5. The molecule has 1 unspecified atom stereocenters. The molecule has 0 radical (unpaired) electrons. The minimum atomic E-state index is -1.13. The Balaban J connectivity index is 2.52. The van der Waals surface area contributed by atoms with E-state index in [-0.39, 0.29) is 16.9 Å². The van der Waals surface area contributed by atoms with Gasteiger partial charge in [-0.2, -0.15) is 0 Å². The third kappa shape index (κ3) is 2.82. The van der Waals surface area contributed by atoms with Gasteiger partial charge in [0, 0.05) is 36.2 Å². The first-order chi connectivity index (χ1) is 9.97. The van der Waals surface area contributed by atoms with E-state index in [4.69, 9.17) is 5.11 Å². The quantitative estimate of drug-likeness (QED) is 0.822. The second-order valence-electron chi connectivity index (χ2n) is 4.53. The summed E-state index contributed by atoms with van der Waals surface area (Å²) in [6.45, 7) is 0. The third-order valence-corrected chi connectivity index (χ3v) is 4.24. The Labute approximate surface area is 125 Å². The number of ketones is 1. The molecule has 0 fully saturated rings. The number of pyridine rings is 1. The van der Waals surface area contributed by atoms with Gasteiger partial charge < -0.3 is 10.0 Å². The molecule has 0 saturated carbocycles. The number of carbonyl (C=O) groups excluding carboxylic acids is 2. The van der Waals surface area contributed by atoms with Crippen LogP contribution in [0.4, 0.5) is 0 Å². The lowest BCUT2D eigenvalue weighted by Gasteiger charge is -2.20. The van der Waals surface area contributed by atoms with E-state index in [1.165, 1.54) is 29.1 Å². The number of hydrogen-bond acceptors (Lipinski definition) is 5. The van der Waals surface area contributed by atoms with Gasteiger partial charge in [-0.25, -0.2) is 0 Å². The molecule has 1 N–H and O–H groups in total. The highest BCUT2D eigenvalue weighted by Crippen LogP contribution is 2.34. The zero-order chi connectivity index (χ0) is 15.6. The van der Waals surface area contributed by atoms with Crippen molar-refractivity contribution in [2.45, 2.75) is 11.8 Å². The summed E-state index contributed by atoms with van der Waals surface area (Å²) in [6, 6.07) is 3.10. The maximum atomic E-state index is 12.6. The Kier molecular flexibility index (Phi) is 4.42. The number of carboxylic acid groups (broad SMARTS) is 1. The fourth-order valence-electron chi connectivity index (χ4n) is 2.28. The molecule has 21 heavy (non-hydrogen) atoms. The predicted octanol–water partition coefficient (Wildman–Crippen LogP) is 1.20. The van der Waals surface area contributed by atoms with Crippen LogP contribution >= 0.6 is 11.8 Å². The van der Waals surface area contributed by atoms with E-state index in [1.54, 1.807) is 25.4 Å². The fraction of sp³-hybridized carbons (Fsp3) is 0.286. The molecule has 0 spiro atoms. The van der Waals surface area contributed by atoms with Gasteiger partial charge >= 0.3 is 5.97 Å². The molecule has 0 saturated heterocycles. The third-order valence-electron chi connectivity index (χ3n) is 3.24. The van der Waals surface area contributed by atoms with E-state index < -0.39 is 23.7 Å². The number of likely N-dealkylation sites (N-methyl/N-ethyl adjacent to an activating group) is 1. The minimum absolute atomic E-state index is 0.0613. The van der Waals surface area contributed by atoms with Crippen molar-refractivity contribution >= 4 is 29.4 Å². The van der Waals surface area contributed by atoms with Crippen molar-refractivity contribution in [3.05, 3.63) is 41.2 Å². The van der Waals surface area contributed by atoms with E-state index >= 15 is 0 Å². The van der Waals surface area contributed by atoms with Crippen LogP contribution in [0.1, 0.15) is 16.8 Å². The molecule has 2 heterocycles. The van der Waals surface area contributed by atoms with E-state index in [9.17, 15) is 14.4 Å². The number of amides is 1. The number of carboxylic acids is 1. The summed E-state index contributed by atoms with van der Waals surface area (Å²) in [6.07, 6.45) is 4.29. The van der Waals surface area contributed by atoms with Crippen molar-refractivity contribution in [2.24, 2.45) is 0 Å². The molecular formula is C14H14N2O4S. The van der Waals surface area contributed by atoms with Crippen LogP contribution in [0, 0.1) is 0 Å². The van der Waals surface area contributed by atoms with Gasteiger partial charge in [0.1, 0.15) is 5.37 Å². The SMILES string of the molecule is CSC1C(C(=O)c2ccncc2)=C(CC(=O)O)C(=O)N1C. The number of thioether (sulfide) groups is 1. The molecule has 1 aliphatic rings. The lowest BCUT2D eigenvalue weighted by atomic mass is 9.99. The summed E-state index contributed by atoms with van der Waals surface area (Å²) in [5.41, 5.74) is 0.708. The molecule has 1 aromatic heterocycles. The Hall–Kier alpha value is -2.15. The number of aromatic nitrogens is 1. The molecule has 0 aliphatic carbocycles. The van der Waals surface area contributed by atoms with Crippen LogP contribution in [0.3, 0.4) is 0 Å². The Bertz CT molecular complexity index is 627. The summed E-state index contributed by atoms with van der Waals surface area (Å²) in [5.74, 6) is -1.87. The van der Waals surface area contributed by atoms with E-state index in [2.05, 4.69) is 4.98 Å². The Morgan fingerprint density at radius 3 is 2.52 bits per heavy atom. The molecule has 2 rings (SSSR count). The van der Waals surface area contributed by atoms with Crippen molar-refractivity contribution in [1.29, 1.82) is 0 Å². The normalized spacial score (nSPS) is 18.3. The highest BCUT2D eigenvalue weighted by molar-refractivity contribution is 7.99. The first-order valence-electron chi connectivity index (χ1n) is 6.17. The summed E-state index contributed by atoms with van der Waals surface area (Å²) >= 11 is 1.32. The summed E-state index contributed by atoms with van der Waals surface area (Å²) < 4.78 is 0. The largest absolute Gasteiger partial charge is 0.481 e. The van der Waals surface area contributed by atoms with Crippen LogP contribution in [0.15, 0.2) is 35.7 Å². The monoisotopic (exact) mass is 306 g/mol. The van der Waals surface area contributed by atoms with Crippen LogP contribution < -0.4 is 0 Å². The van der Waals surface area contributed by atoms with Gasteiger partial charge in [0.25, 0.3) is 5.91 Å². The number of aliphatic carboxylic acids is 1. The molecule has 110 valence electrons. The molecule has 0 bridgehead atoms. The molecule has 1 atom stereocenters. The maximum absolute atomic E-state index is 12.6. The lowest BCUT2D eigenvalue weighted by molar-refractivity contribution is -0.137. The number of carbonyl (C=O) groups is 3. The lowest BCUT2D eigenvalue weighted by Crippen LogP contribution is -2.30. The Morgan fingerprint density at radius 2 is 2.00 bits per heavy atom. The van der Waals surface area contributed by atoms with Crippen LogP contribution in [0.25, 0.3) is 0 Å². The standard InChI is InChI=1S/C14H14N2O4S/c1-16-13(20)9(7-10(17)18)11(14(16)21-2)12(19)8-3-5-15-6-4-8/h3-6,14H,7H2,1-2H3,(H,17,18). The summed E-state index contributed by atoms with van der Waals surface area (Å²) in [5, 5.41) is 8.51. The first kappa shape index (κ1) is 15.2. The van der Waals surface area contributed by atoms with Gasteiger partial charge in [0.2, 0.25) is 0 Å². The molecule has 1 amide bonds. The molecule has 1 aliphatic heterocycles. The molecule has 6 nitrogen and oxygen atoms in total. The van der Waals surface area contributed by atoms with Gasteiger partial charge in [-0.05, 0) is 18.4 Å². The summed E-state index contributed by atoms with van der Waals surface area (Å²) in [7, 11) is 1.57. The zero-order valence-electron chi connectivity index (χ0n) is 11.6. The first-order valence-corrected chi connectivity index (χ1v) is 7.45. The predicted molar refractivity (Wildman–Crippen MR) is 77.9 cm³/mol. The average molecular weight is 306 g/mol.